The Balaban J connectivity index is 2.61. The molecule has 17 heavy (non-hydrogen) atoms. The highest BCUT2D eigenvalue weighted by atomic mass is 32.2. The van der Waals surface area contributed by atoms with Crippen molar-refractivity contribution in [2.75, 3.05) is 24.2 Å². The van der Waals surface area contributed by atoms with Crippen LogP contribution in [0.3, 0.4) is 0 Å². The summed E-state index contributed by atoms with van der Waals surface area (Å²) in [7, 11) is 0. The van der Waals surface area contributed by atoms with Gasteiger partial charge in [0.05, 0.1) is 12.4 Å². The molecule has 0 radical (unpaired) electrons. The van der Waals surface area contributed by atoms with Gasteiger partial charge in [-0.1, -0.05) is 11.8 Å². The number of hydrogen-bond donors (Lipinski definition) is 1. The van der Waals surface area contributed by atoms with E-state index in [1.807, 2.05) is 19.9 Å². The van der Waals surface area contributed by atoms with Gasteiger partial charge in [0.1, 0.15) is 16.7 Å². The number of nitrogens with zero attached hydrogens (tertiary/aromatic N) is 2. The van der Waals surface area contributed by atoms with Gasteiger partial charge in [0.25, 0.3) is 0 Å². The third-order valence-electron chi connectivity index (χ3n) is 1.82. The summed E-state index contributed by atoms with van der Waals surface area (Å²) in [5.74, 6) is 1.52. The largest absolute Gasteiger partial charge is 0.465 e. The van der Waals surface area contributed by atoms with E-state index in [1.165, 1.54) is 11.8 Å². The second-order valence-corrected chi connectivity index (χ2v) is 4.26. The molecule has 94 valence electrons. The minimum Gasteiger partial charge on any atom is -0.465 e. The molecule has 5 nitrogen and oxygen atoms in total. The minimum absolute atomic E-state index is 0.223. The predicted molar refractivity (Wildman–Crippen MR) is 68.3 cm³/mol. The topological polar surface area (TPSA) is 64.1 Å². The van der Waals surface area contributed by atoms with Crippen LogP contribution >= 0.6 is 11.8 Å². The summed E-state index contributed by atoms with van der Waals surface area (Å²) in [5, 5.41) is 3.90. The monoisotopic (exact) mass is 255 g/mol. The minimum atomic E-state index is -0.223. The number of esters is 1. The van der Waals surface area contributed by atoms with Crippen LogP contribution in [0.25, 0.3) is 0 Å². The Morgan fingerprint density at radius 2 is 2.24 bits per heavy atom. The molecule has 0 aliphatic heterocycles. The van der Waals surface area contributed by atoms with E-state index >= 15 is 0 Å². The van der Waals surface area contributed by atoms with Crippen LogP contribution in [0, 0.1) is 6.92 Å². The van der Waals surface area contributed by atoms with E-state index in [-0.39, 0.29) is 11.7 Å². The Morgan fingerprint density at radius 3 is 2.88 bits per heavy atom. The molecule has 0 aliphatic carbocycles. The summed E-state index contributed by atoms with van der Waals surface area (Å²) in [6, 6.07) is 1.83. The lowest BCUT2D eigenvalue weighted by Gasteiger charge is -2.06. The fraction of sp³-hybridized carbons (Fsp3) is 0.545. The van der Waals surface area contributed by atoms with Crippen molar-refractivity contribution in [1.29, 1.82) is 0 Å². The third kappa shape index (κ3) is 5.04. The van der Waals surface area contributed by atoms with Crippen molar-refractivity contribution in [3.05, 3.63) is 11.9 Å². The number of rotatable bonds is 6. The van der Waals surface area contributed by atoms with Crippen LogP contribution in [0.15, 0.2) is 11.1 Å². The zero-order chi connectivity index (χ0) is 12.7. The molecule has 0 fully saturated rings. The van der Waals surface area contributed by atoms with Crippen molar-refractivity contribution >= 4 is 23.5 Å². The van der Waals surface area contributed by atoms with Crippen LogP contribution in [0.5, 0.6) is 0 Å². The van der Waals surface area contributed by atoms with E-state index in [9.17, 15) is 4.79 Å². The molecule has 1 N–H and O–H groups in total. The lowest BCUT2D eigenvalue weighted by atomic mass is 10.5. The van der Waals surface area contributed by atoms with E-state index < -0.39 is 0 Å². The maximum absolute atomic E-state index is 11.2. The number of nitrogens with one attached hydrogen (secondary N) is 1. The second kappa shape index (κ2) is 7.11. The molecular formula is C11H17N3O2S. The number of anilines is 1. The fourth-order valence-corrected chi connectivity index (χ4v) is 1.96. The quantitative estimate of drug-likeness (QED) is 0.475. The number of aryl methyl sites for hydroxylation is 1. The maximum atomic E-state index is 11.2. The lowest BCUT2D eigenvalue weighted by Crippen LogP contribution is -2.07. The molecule has 0 amide bonds. The smallest absolute Gasteiger partial charge is 0.316 e. The number of thioether (sulfide) groups is 1. The second-order valence-electron chi connectivity index (χ2n) is 3.26. The molecule has 1 rings (SSSR count). The first-order chi connectivity index (χ1) is 8.15. The zero-order valence-corrected chi connectivity index (χ0v) is 11.1. The molecule has 6 heteroatoms. The Morgan fingerprint density at radius 1 is 1.47 bits per heavy atom. The van der Waals surface area contributed by atoms with E-state index in [0.717, 1.165) is 17.4 Å². The molecule has 0 spiro atoms. The van der Waals surface area contributed by atoms with Crippen molar-refractivity contribution in [2.45, 2.75) is 25.8 Å². The van der Waals surface area contributed by atoms with Gasteiger partial charge < -0.3 is 10.1 Å². The van der Waals surface area contributed by atoms with Crippen LogP contribution in [0.1, 0.15) is 19.7 Å². The van der Waals surface area contributed by atoms with Crippen molar-refractivity contribution in [3.63, 3.8) is 0 Å². The fourth-order valence-electron chi connectivity index (χ4n) is 1.22. The highest BCUT2D eigenvalue weighted by Gasteiger charge is 2.06. The summed E-state index contributed by atoms with van der Waals surface area (Å²) >= 11 is 1.36. The van der Waals surface area contributed by atoms with Crippen LogP contribution in [0.2, 0.25) is 0 Å². The van der Waals surface area contributed by atoms with E-state index in [0.29, 0.717) is 12.4 Å². The van der Waals surface area contributed by atoms with Crippen molar-refractivity contribution in [1.82, 2.24) is 9.97 Å². The average molecular weight is 255 g/mol. The number of aromatic nitrogens is 2. The zero-order valence-electron chi connectivity index (χ0n) is 10.3. The SMILES string of the molecule is CCNc1cc(SCC(=O)OCC)nc(C)n1. The van der Waals surface area contributed by atoms with Gasteiger partial charge in [0.2, 0.25) is 0 Å². The molecule has 0 bridgehead atoms. The number of hydrogen-bond acceptors (Lipinski definition) is 6. The van der Waals surface area contributed by atoms with Crippen molar-refractivity contribution in [3.8, 4) is 0 Å². The molecule has 0 aromatic carbocycles. The average Bonchev–Trinajstić information content (AvgIpc) is 2.26. The summed E-state index contributed by atoms with van der Waals surface area (Å²) in [4.78, 5) is 19.7. The maximum Gasteiger partial charge on any atom is 0.316 e. The van der Waals surface area contributed by atoms with Gasteiger partial charge in [0.15, 0.2) is 0 Å². The van der Waals surface area contributed by atoms with Gasteiger partial charge in [-0.2, -0.15) is 0 Å². The van der Waals surface area contributed by atoms with Gasteiger partial charge in [-0.15, -0.1) is 0 Å². The van der Waals surface area contributed by atoms with Gasteiger partial charge in [-0.05, 0) is 20.8 Å². The first-order valence-electron chi connectivity index (χ1n) is 5.53. The predicted octanol–water partition coefficient (Wildman–Crippen LogP) is 1.87. The summed E-state index contributed by atoms with van der Waals surface area (Å²) in [6.45, 7) is 6.84. The van der Waals surface area contributed by atoms with Gasteiger partial charge in [0, 0.05) is 12.6 Å². The summed E-state index contributed by atoms with van der Waals surface area (Å²) < 4.78 is 4.85. The molecule has 1 aromatic heterocycles. The van der Waals surface area contributed by atoms with Gasteiger partial charge in [-0.3, -0.25) is 4.79 Å². The van der Waals surface area contributed by atoms with Crippen LogP contribution in [0.4, 0.5) is 5.82 Å². The lowest BCUT2D eigenvalue weighted by molar-refractivity contribution is -0.139. The van der Waals surface area contributed by atoms with E-state index in [1.54, 1.807) is 6.92 Å². The number of ether oxygens (including phenoxy) is 1. The molecule has 0 unspecified atom stereocenters. The molecular weight excluding hydrogens is 238 g/mol. The first-order valence-corrected chi connectivity index (χ1v) is 6.52. The standard InChI is InChI=1S/C11H17N3O2S/c1-4-12-9-6-10(14-8(3)13-9)17-7-11(15)16-5-2/h6H,4-5,7H2,1-3H3,(H,12,13,14). The normalized spacial score (nSPS) is 10.1. The van der Waals surface area contributed by atoms with Crippen LogP contribution in [-0.2, 0) is 9.53 Å². The Bertz CT molecular complexity index is 385. The molecule has 0 saturated carbocycles. The number of carbonyl (C=O) groups excluding carboxylic acids is 1. The summed E-state index contributed by atoms with van der Waals surface area (Å²) in [5.41, 5.74) is 0. The highest BCUT2D eigenvalue weighted by Crippen LogP contribution is 2.18. The molecule has 1 heterocycles. The Hall–Kier alpha value is -1.30. The first kappa shape index (κ1) is 13.8. The van der Waals surface area contributed by atoms with E-state index in [2.05, 4.69) is 15.3 Å². The molecule has 0 atom stereocenters. The summed E-state index contributed by atoms with van der Waals surface area (Å²) in [6.07, 6.45) is 0. The molecule has 0 saturated heterocycles. The Kier molecular flexibility index (Phi) is 5.76. The number of carbonyl (C=O) groups is 1. The van der Waals surface area contributed by atoms with Gasteiger partial charge in [-0.25, -0.2) is 9.97 Å². The van der Waals surface area contributed by atoms with Crippen molar-refractivity contribution < 1.29 is 9.53 Å². The van der Waals surface area contributed by atoms with Crippen LogP contribution < -0.4 is 5.32 Å². The Labute approximate surface area is 105 Å². The molecule has 0 aliphatic rings. The highest BCUT2D eigenvalue weighted by molar-refractivity contribution is 7.99. The van der Waals surface area contributed by atoms with Gasteiger partial charge >= 0.3 is 5.97 Å². The third-order valence-corrected chi connectivity index (χ3v) is 2.70. The van der Waals surface area contributed by atoms with Crippen molar-refractivity contribution in [2.24, 2.45) is 0 Å². The van der Waals surface area contributed by atoms with E-state index in [4.69, 9.17) is 4.74 Å². The van der Waals surface area contributed by atoms with Crippen LogP contribution in [-0.4, -0.2) is 34.8 Å². The molecule has 1 aromatic rings.